The third-order valence-corrected chi connectivity index (χ3v) is 4.05. The Kier molecular flexibility index (Phi) is 4.05. The second kappa shape index (κ2) is 5.36. The molecular formula is C13H20BrN3. The Balaban J connectivity index is 1.89. The van der Waals surface area contributed by atoms with Gasteiger partial charge in [0.15, 0.2) is 0 Å². The molecule has 0 spiro atoms. The van der Waals surface area contributed by atoms with Crippen molar-refractivity contribution in [3.05, 3.63) is 22.9 Å². The van der Waals surface area contributed by atoms with E-state index in [9.17, 15) is 0 Å². The largest absolute Gasteiger partial charge is 0.383 e. The molecule has 0 aliphatic carbocycles. The van der Waals surface area contributed by atoms with Crippen molar-refractivity contribution in [1.82, 2.24) is 9.88 Å². The molecule has 1 aromatic rings. The Morgan fingerprint density at radius 1 is 1.41 bits per heavy atom. The fourth-order valence-corrected chi connectivity index (χ4v) is 2.52. The third-order valence-electron chi connectivity index (χ3n) is 3.62. The first-order valence-electron chi connectivity index (χ1n) is 6.10. The number of aromatic nitrogens is 1. The molecule has 2 rings (SSSR count). The predicted octanol–water partition coefficient (Wildman–Crippen LogP) is 2.99. The molecule has 0 atom stereocenters. The topological polar surface area (TPSA) is 28.2 Å². The van der Waals surface area contributed by atoms with E-state index < -0.39 is 0 Å². The van der Waals surface area contributed by atoms with Crippen LogP contribution in [0.15, 0.2) is 22.9 Å². The maximum atomic E-state index is 4.17. The van der Waals surface area contributed by atoms with Gasteiger partial charge in [-0.05, 0) is 60.4 Å². The van der Waals surface area contributed by atoms with E-state index in [0.717, 1.165) is 16.7 Å². The minimum absolute atomic E-state index is 0.412. The van der Waals surface area contributed by atoms with Gasteiger partial charge in [0.2, 0.25) is 0 Å². The highest BCUT2D eigenvalue weighted by Crippen LogP contribution is 2.30. The second-order valence-corrected chi connectivity index (χ2v) is 6.27. The molecule has 4 heteroatoms. The monoisotopic (exact) mass is 297 g/mol. The van der Waals surface area contributed by atoms with E-state index in [2.05, 4.69) is 51.2 Å². The Hall–Kier alpha value is -0.610. The first kappa shape index (κ1) is 12.8. The van der Waals surface area contributed by atoms with Crippen LogP contribution in [0.2, 0.25) is 0 Å². The van der Waals surface area contributed by atoms with Crippen molar-refractivity contribution in [3.63, 3.8) is 0 Å². The van der Waals surface area contributed by atoms with Gasteiger partial charge < -0.3 is 10.2 Å². The van der Waals surface area contributed by atoms with Gasteiger partial charge in [-0.1, -0.05) is 6.92 Å². The Labute approximate surface area is 112 Å². The molecule has 3 nitrogen and oxygen atoms in total. The maximum absolute atomic E-state index is 4.17. The van der Waals surface area contributed by atoms with Gasteiger partial charge in [-0.15, -0.1) is 0 Å². The highest BCUT2D eigenvalue weighted by Gasteiger charge is 2.28. The van der Waals surface area contributed by atoms with E-state index in [0.29, 0.717) is 5.41 Å². The van der Waals surface area contributed by atoms with Crippen LogP contribution in [0.3, 0.4) is 0 Å². The molecule has 1 fully saturated rings. The molecule has 1 aromatic heterocycles. The van der Waals surface area contributed by atoms with Gasteiger partial charge in [-0.25, -0.2) is 0 Å². The van der Waals surface area contributed by atoms with Crippen LogP contribution in [-0.4, -0.2) is 36.6 Å². The third kappa shape index (κ3) is 3.68. The van der Waals surface area contributed by atoms with Crippen LogP contribution < -0.4 is 5.32 Å². The molecule has 94 valence electrons. The summed E-state index contributed by atoms with van der Waals surface area (Å²) in [7, 11) is 2.20. The minimum Gasteiger partial charge on any atom is -0.383 e. The molecule has 0 radical (unpaired) electrons. The molecule has 17 heavy (non-hydrogen) atoms. The van der Waals surface area contributed by atoms with Crippen molar-refractivity contribution >= 4 is 21.6 Å². The Morgan fingerprint density at radius 2 is 2.12 bits per heavy atom. The van der Waals surface area contributed by atoms with E-state index in [4.69, 9.17) is 0 Å². The van der Waals surface area contributed by atoms with Crippen molar-refractivity contribution in [2.24, 2.45) is 5.41 Å². The average molecular weight is 298 g/mol. The lowest BCUT2D eigenvalue weighted by Gasteiger charge is -2.38. The van der Waals surface area contributed by atoms with Crippen molar-refractivity contribution in [3.8, 4) is 0 Å². The molecule has 1 aliphatic rings. The zero-order valence-electron chi connectivity index (χ0n) is 10.5. The smallest absolute Gasteiger partial charge is 0.0538 e. The summed E-state index contributed by atoms with van der Waals surface area (Å²) in [5, 5.41) is 3.50. The number of hydrogen-bond donors (Lipinski definition) is 1. The van der Waals surface area contributed by atoms with Crippen LogP contribution >= 0.6 is 15.9 Å². The molecular weight excluding hydrogens is 278 g/mol. The van der Waals surface area contributed by atoms with Crippen LogP contribution in [0.25, 0.3) is 0 Å². The van der Waals surface area contributed by atoms with Gasteiger partial charge in [0.25, 0.3) is 0 Å². The van der Waals surface area contributed by atoms with Crippen LogP contribution in [-0.2, 0) is 0 Å². The summed E-state index contributed by atoms with van der Waals surface area (Å²) in [6.45, 7) is 5.81. The summed E-state index contributed by atoms with van der Waals surface area (Å²) in [5.74, 6) is 0. The minimum atomic E-state index is 0.412. The lowest BCUT2D eigenvalue weighted by molar-refractivity contribution is 0.150. The fraction of sp³-hybridized carbons (Fsp3) is 0.615. The summed E-state index contributed by atoms with van der Waals surface area (Å²) >= 11 is 3.44. The summed E-state index contributed by atoms with van der Waals surface area (Å²) in [5.41, 5.74) is 1.51. The second-order valence-electron chi connectivity index (χ2n) is 5.36. The Bertz CT molecular complexity index is 373. The number of nitrogens with one attached hydrogen (secondary N) is 1. The van der Waals surface area contributed by atoms with Gasteiger partial charge in [-0.3, -0.25) is 4.98 Å². The quantitative estimate of drug-likeness (QED) is 0.930. The molecule has 0 saturated carbocycles. The van der Waals surface area contributed by atoms with Crippen molar-refractivity contribution in [2.75, 3.05) is 32.0 Å². The highest BCUT2D eigenvalue weighted by molar-refractivity contribution is 9.10. The van der Waals surface area contributed by atoms with Crippen LogP contribution in [0.5, 0.6) is 0 Å². The summed E-state index contributed by atoms with van der Waals surface area (Å²) in [6.07, 6.45) is 6.21. The lowest BCUT2D eigenvalue weighted by Crippen LogP contribution is -2.40. The molecule has 0 aromatic carbocycles. The number of anilines is 1. The zero-order chi connectivity index (χ0) is 12.3. The van der Waals surface area contributed by atoms with Crippen LogP contribution in [0.4, 0.5) is 5.69 Å². The number of piperidine rings is 1. The zero-order valence-corrected chi connectivity index (χ0v) is 12.1. The highest BCUT2D eigenvalue weighted by atomic mass is 79.9. The number of hydrogen-bond acceptors (Lipinski definition) is 3. The standard InChI is InChI=1S/C13H20BrN3/c1-13(3-5-17(2)6-4-13)10-16-12-7-11(14)8-15-9-12/h7-9,16H,3-6,10H2,1-2H3. The summed E-state index contributed by atoms with van der Waals surface area (Å²) < 4.78 is 1.02. The maximum Gasteiger partial charge on any atom is 0.0538 e. The molecule has 2 heterocycles. The number of rotatable bonds is 3. The number of nitrogens with zero attached hydrogens (tertiary/aromatic N) is 2. The fourth-order valence-electron chi connectivity index (χ4n) is 2.16. The summed E-state index contributed by atoms with van der Waals surface area (Å²) in [6, 6.07) is 2.07. The number of likely N-dealkylation sites (tertiary alicyclic amines) is 1. The van der Waals surface area contributed by atoms with Gasteiger partial charge in [-0.2, -0.15) is 0 Å². The lowest BCUT2D eigenvalue weighted by atomic mass is 9.80. The van der Waals surface area contributed by atoms with Gasteiger partial charge in [0.05, 0.1) is 11.9 Å². The molecule has 0 amide bonds. The number of halogens is 1. The van der Waals surface area contributed by atoms with Gasteiger partial charge >= 0.3 is 0 Å². The molecule has 1 saturated heterocycles. The van der Waals surface area contributed by atoms with E-state index in [-0.39, 0.29) is 0 Å². The van der Waals surface area contributed by atoms with Gasteiger partial charge in [0, 0.05) is 17.2 Å². The van der Waals surface area contributed by atoms with Crippen LogP contribution in [0.1, 0.15) is 19.8 Å². The normalized spacial score (nSPS) is 20.2. The van der Waals surface area contributed by atoms with E-state index in [1.807, 2.05) is 12.4 Å². The van der Waals surface area contributed by atoms with E-state index in [1.54, 1.807) is 0 Å². The van der Waals surface area contributed by atoms with Crippen LogP contribution in [0, 0.1) is 5.41 Å². The van der Waals surface area contributed by atoms with E-state index in [1.165, 1.54) is 25.9 Å². The van der Waals surface area contributed by atoms with Gasteiger partial charge in [0.1, 0.15) is 0 Å². The van der Waals surface area contributed by atoms with Crippen molar-refractivity contribution in [1.29, 1.82) is 0 Å². The molecule has 1 N–H and O–H groups in total. The van der Waals surface area contributed by atoms with Crippen molar-refractivity contribution < 1.29 is 0 Å². The predicted molar refractivity (Wildman–Crippen MR) is 75.3 cm³/mol. The first-order valence-corrected chi connectivity index (χ1v) is 6.90. The van der Waals surface area contributed by atoms with Crippen molar-refractivity contribution in [2.45, 2.75) is 19.8 Å². The first-order chi connectivity index (χ1) is 8.07. The molecule has 1 aliphatic heterocycles. The summed E-state index contributed by atoms with van der Waals surface area (Å²) in [4.78, 5) is 6.57. The SMILES string of the molecule is CN1CCC(C)(CNc2cncc(Br)c2)CC1. The Morgan fingerprint density at radius 3 is 2.76 bits per heavy atom. The number of pyridine rings is 1. The van der Waals surface area contributed by atoms with E-state index >= 15 is 0 Å². The molecule has 0 unspecified atom stereocenters. The molecule has 0 bridgehead atoms. The average Bonchev–Trinajstić information content (AvgIpc) is 2.31.